The minimum Gasteiger partial charge on any atom is -0.493 e. The molecule has 1 aromatic rings. The second-order valence-corrected chi connectivity index (χ2v) is 6.62. The Labute approximate surface area is 150 Å². The van der Waals surface area contributed by atoms with Gasteiger partial charge in [-0.3, -0.25) is 9.52 Å². The Hall–Kier alpha value is -1.85. The third-order valence-electron chi connectivity index (χ3n) is 2.84. The first-order valence-electron chi connectivity index (χ1n) is 6.63. The zero-order valence-corrected chi connectivity index (χ0v) is 15.4. The van der Waals surface area contributed by atoms with E-state index < -0.39 is 34.9 Å². The summed E-state index contributed by atoms with van der Waals surface area (Å²) in [5, 5.41) is 2.03. The van der Waals surface area contributed by atoms with E-state index in [-0.39, 0.29) is 35.2 Å². The van der Waals surface area contributed by atoms with Gasteiger partial charge in [0.1, 0.15) is 0 Å². The van der Waals surface area contributed by atoms with Crippen molar-refractivity contribution in [2.75, 3.05) is 38.3 Å². The number of rotatable bonds is 8. The molecule has 0 fully saturated rings. The molecule has 0 saturated carbocycles. The Bertz CT molecular complexity index is 716. The summed E-state index contributed by atoms with van der Waals surface area (Å²) >= 11 is 0. The average Bonchev–Trinajstić information content (AvgIpc) is 2.50. The topological polar surface area (TPSA) is 120 Å². The average molecular weight is 404 g/mol. The van der Waals surface area contributed by atoms with Crippen molar-refractivity contribution in [3.8, 4) is 11.5 Å². The molecule has 0 radical (unpaired) electrons. The number of methoxy groups -OCH3 is 2. The normalized spacial score (nSPS) is 11.3. The number of benzene rings is 1. The van der Waals surface area contributed by atoms with Crippen molar-refractivity contribution in [2.24, 2.45) is 5.73 Å². The molecule has 0 saturated heterocycles. The van der Waals surface area contributed by atoms with E-state index in [1.165, 1.54) is 20.3 Å². The molecule has 0 aromatic heterocycles. The van der Waals surface area contributed by atoms with E-state index in [1.54, 1.807) is 0 Å². The number of carbonyl (C=O) groups is 1. The van der Waals surface area contributed by atoms with Crippen LogP contribution in [0.3, 0.4) is 0 Å². The van der Waals surface area contributed by atoms with Crippen LogP contribution in [-0.2, 0) is 10.0 Å². The van der Waals surface area contributed by atoms with Gasteiger partial charge < -0.3 is 20.5 Å². The third-order valence-corrected chi connectivity index (χ3v) is 3.43. The highest BCUT2D eigenvalue weighted by atomic mass is 35.5. The molecule has 0 aliphatic carbocycles. The summed E-state index contributed by atoms with van der Waals surface area (Å²) in [6, 6.07) is 2.39. The number of alkyl halides is 2. The van der Waals surface area contributed by atoms with Crippen molar-refractivity contribution >= 4 is 34.0 Å². The molecular formula is C13H20ClF2N3O5S. The number of ether oxygens (including phenoxy) is 2. The lowest BCUT2D eigenvalue weighted by molar-refractivity contribution is 0.0118. The number of carbonyl (C=O) groups excluding carboxylic acids is 1. The largest absolute Gasteiger partial charge is 0.493 e. The SMILES string of the molecule is COc1cc(C(=O)NCC(F)(F)CN)cc(NS(C)(=O)=O)c1OC.Cl. The Morgan fingerprint density at radius 2 is 1.88 bits per heavy atom. The van der Waals surface area contributed by atoms with Crippen molar-refractivity contribution < 1.29 is 31.5 Å². The smallest absolute Gasteiger partial charge is 0.277 e. The molecule has 0 unspecified atom stereocenters. The summed E-state index contributed by atoms with van der Waals surface area (Å²) in [7, 11) is -1.10. The number of anilines is 1. The highest BCUT2D eigenvalue weighted by molar-refractivity contribution is 7.92. The van der Waals surface area contributed by atoms with E-state index in [2.05, 4.69) is 4.72 Å². The standard InChI is InChI=1S/C13H19F2N3O5S.ClH/c1-22-10-5-8(12(19)17-7-13(14,15)6-16)4-9(11(10)23-2)18-24(3,20)21;/h4-5,18H,6-7,16H2,1-3H3,(H,17,19);1H. The Morgan fingerprint density at radius 3 is 2.32 bits per heavy atom. The fourth-order valence-electron chi connectivity index (χ4n) is 1.75. The molecule has 12 heteroatoms. The van der Waals surface area contributed by atoms with Gasteiger partial charge >= 0.3 is 0 Å². The highest BCUT2D eigenvalue weighted by Crippen LogP contribution is 2.37. The van der Waals surface area contributed by atoms with Crippen LogP contribution in [0.5, 0.6) is 11.5 Å². The van der Waals surface area contributed by atoms with Crippen molar-refractivity contribution in [3.05, 3.63) is 17.7 Å². The highest BCUT2D eigenvalue weighted by Gasteiger charge is 2.28. The monoisotopic (exact) mass is 403 g/mol. The molecule has 0 atom stereocenters. The van der Waals surface area contributed by atoms with Gasteiger partial charge in [0.15, 0.2) is 11.5 Å². The van der Waals surface area contributed by atoms with E-state index >= 15 is 0 Å². The van der Waals surface area contributed by atoms with Crippen LogP contribution in [0.2, 0.25) is 0 Å². The van der Waals surface area contributed by atoms with Crippen LogP contribution in [0.4, 0.5) is 14.5 Å². The van der Waals surface area contributed by atoms with E-state index in [4.69, 9.17) is 15.2 Å². The predicted molar refractivity (Wildman–Crippen MR) is 91.6 cm³/mol. The van der Waals surface area contributed by atoms with Crippen LogP contribution in [-0.4, -0.2) is 53.8 Å². The minimum absolute atomic E-state index is 0. The summed E-state index contributed by atoms with van der Waals surface area (Å²) in [6.07, 6.45) is 0.910. The van der Waals surface area contributed by atoms with Gasteiger partial charge in [0.25, 0.3) is 11.8 Å². The lowest BCUT2D eigenvalue weighted by atomic mass is 10.1. The molecule has 8 nitrogen and oxygen atoms in total. The summed E-state index contributed by atoms with van der Waals surface area (Å²) in [4.78, 5) is 12.0. The van der Waals surface area contributed by atoms with Crippen LogP contribution < -0.4 is 25.2 Å². The summed E-state index contributed by atoms with van der Waals surface area (Å²) < 4.78 is 61.4. The number of sulfonamides is 1. The predicted octanol–water partition coefficient (Wildman–Crippen LogP) is 0.821. The quantitative estimate of drug-likeness (QED) is 0.591. The Kier molecular flexibility index (Phi) is 8.35. The van der Waals surface area contributed by atoms with Gasteiger partial charge in [0.05, 0.1) is 39.3 Å². The summed E-state index contributed by atoms with van der Waals surface area (Å²) in [6.45, 7) is -1.87. The number of amides is 1. The molecule has 1 amide bonds. The number of hydrogen-bond acceptors (Lipinski definition) is 6. The third kappa shape index (κ3) is 6.88. The fourth-order valence-corrected chi connectivity index (χ4v) is 2.31. The van der Waals surface area contributed by atoms with Gasteiger partial charge in [-0.15, -0.1) is 12.4 Å². The van der Waals surface area contributed by atoms with Crippen LogP contribution in [0.15, 0.2) is 12.1 Å². The van der Waals surface area contributed by atoms with Crippen LogP contribution in [0, 0.1) is 0 Å². The van der Waals surface area contributed by atoms with Crippen LogP contribution in [0.1, 0.15) is 10.4 Å². The number of halogens is 3. The van der Waals surface area contributed by atoms with Gasteiger partial charge in [-0.25, -0.2) is 17.2 Å². The first-order chi connectivity index (χ1) is 11.0. The van der Waals surface area contributed by atoms with Crippen molar-refractivity contribution in [3.63, 3.8) is 0 Å². The number of nitrogens with one attached hydrogen (secondary N) is 2. The van der Waals surface area contributed by atoms with E-state index in [0.717, 1.165) is 12.3 Å². The van der Waals surface area contributed by atoms with Crippen molar-refractivity contribution in [2.45, 2.75) is 5.92 Å². The molecule has 0 spiro atoms. The van der Waals surface area contributed by atoms with E-state index in [1.807, 2.05) is 5.32 Å². The maximum Gasteiger partial charge on any atom is 0.277 e. The molecule has 1 rings (SSSR count). The van der Waals surface area contributed by atoms with Gasteiger partial charge in [-0.1, -0.05) is 0 Å². The molecule has 1 aromatic carbocycles. The Morgan fingerprint density at radius 1 is 1.28 bits per heavy atom. The lowest BCUT2D eigenvalue weighted by Gasteiger charge is -2.17. The van der Waals surface area contributed by atoms with Crippen molar-refractivity contribution in [1.29, 1.82) is 0 Å². The number of nitrogens with two attached hydrogens (primary N) is 1. The van der Waals surface area contributed by atoms with E-state index in [9.17, 15) is 22.0 Å². The summed E-state index contributed by atoms with van der Waals surface area (Å²) in [5.74, 6) is -3.99. The van der Waals surface area contributed by atoms with Gasteiger partial charge in [0, 0.05) is 5.56 Å². The van der Waals surface area contributed by atoms with Crippen LogP contribution >= 0.6 is 12.4 Å². The second-order valence-electron chi connectivity index (χ2n) is 4.88. The van der Waals surface area contributed by atoms with Crippen LogP contribution in [0.25, 0.3) is 0 Å². The van der Waals surface area contributed by atoms with Crippen molar-refractivity contribution in [1.82, 2.24) is 5.32 Å². The maximum absolute atomic E-state index is 13.1. The minimum atomic E-state index is -3.67. The first-order valence-corrected chi connectivity index (χ1v) is 8.52. The zero-order chi connectivity index (χ0) is 18.5. The molecule has 0 heterocycles. The number of hydrogen-bond donors (Lipinski definition) is 3. The molecule has 0 aliphatic rings. The molecule has 0 bridgehead atoms. The zero-order valence-electron chi connectivity index (χ0n) is 13.8. The molecule has 25 heavy (non-hydrogen) atoms. The van der Waals surface area contributed by atoms with Gasteiger partial charge in [0.2, 0.25) is 10.0 Å². The molecule has 144 valence electrons. The van der Waals surface area contributed by atoms with Gasteiger partial charge in [-0.05, 0) is 12.1 Å². The van der Waals surface area contributed by atoms with E-state index in [0.29, 0.717) is 0 Å². The Balaban J connectivity index is 0.00000576. The summed E-state index contributed by atoms with van der Waals surface area (Å²) in [5.41, 5.74) is 4.74. The fraction of sp³-hybridized carbons (Fsp3) is 0.462. The molecular weight excluding hydrogens is 384 g/mol. The first kappa shape index (κ1) is 23.1. The second kappa shape index (κ2) is 9.02. The molecule has 0 aliphatic heterocycles. The molecule has 4 N–H and O–H groups in total. The van der Waals surface area contributed by atoms with Gasteiger partial charge in [-0.2, -0.15) is 0 Å². The maximum atomic E-state index is 13.1. The lowest BCUT2D eigenvalue weighted by Crippen LogP contribution is -2.41.